The van der Waals surface area contributed by atoms with Crippen LogP contribution in [0.25, 0.3) is 0 Å². The van der Waals surface area contributed by atoms with E-state index in [4.69, 9.17) is 11.5 Å². The third-order valence-electron chi connectivity index (χ3n) is 7.39. The Morgan fingerprint density at radius 2 is 0.817 bits per heavy atom. The lowest BCUT2D eigenvalue weighted by atomic mass is 10.1. The van der Waals surface area contributed by atoms with Crippen molar-refractivity contribution in [3.63, 3.8) is 0 Å². The summed E-state index contributed by atoms with van der Waals surface area (Å²) in [4.78, 5) is 32.7. The first-order chi connectivity index (χ1) is 28.7. The smallest absolute Gasteiger partial charge is 0.337 e. The number of aromatic carboxylic acids is 1. The number of methoxy groups -OCH3 is 2. The number of carboxylic acid groups (broad SMARTS) is 1. The molecule has 0 saturated carbocycles. The van der Waals surface area contributed by atoms with E-state index in [0.29, 0.717) is 10.0 Å². The van der Waals surface area contributed by atoms with Crippen molar-refractivity contribution < 1.29 is 55.3 Å². The summed E-state index contributed by atoms with van der Waals surface area (Å²) in [5.41, 5.74) is 0.911. The second-order valence-electron chi connectivity index (χ2n) is 11.4. The number of ether oxygens (including phenoxy) is 2. The lowest BCUT2D eigenvalue weighted by molar-refractivity contribution is 0.0591. The molecule has 0 heterocycles. The van der Waals surface area contributed by atoms with Crippen LogP contribution in [0.3, 0.4) is 0 Å². The van der Waals surface area contributed by atoms with Crippen LogP contribution in [0, 0.1) is 70.9 Å². The van der Waals surface area contributed by atoms with Gasteiger partial charge in [-0.2, -0.15) is 0 Å². The van der Waals surface area contributed by atoms with Gasteiger partial charge in [-0.05, 0) is 107 Å². The fourth-order valence-corrected chi connectivity index (χ4v) is 4.57. The number of benzene rings is 6. The highest BCUT2D eigenvalue weighted by Gasteiger charge is 2.10. The van der Waals surface area contributed by atoms with Crippen molar-refractivity contribution in [2.75, 3.05) is 14.2 Å². The summed E-state index contributed by atoms with van der Waals surface area (Å²) in [5.74, 6) is 6.75. The number of hydrogen-bond donors (Lipinski definition) is 1. The number of esters is 2. The summed E-state index contributed by atoms with van der Waals surface area (Å²) < 4.78 is 88.4. The Hall–Kier alpha value is -7.53. The van der Waals surface area contributed by atoms with Gasteiger partial charge in [-0.25, -0.2) is 40.7 Å². The van der Waals surface area contributed by atoms with Gasteiger partial charge >= 0.3 is 17.9 Å². The van der Waals surface area contributed by atoms with Gasteiger partial charge in [0.05, 0.1) is 63.2 Å². The van der Waals surface area contributed by atoms with E-state index in [1.807, 2.05) is 0 Å². The maximum absolute atomic E-state index is 13.7. The molecule has 6 aromatic carbocycles. The minimum Gasteiger partial charge on any atom is -0.478 e. The van der Waals surface area contributed by atoms with Crippen LogP contribution in [0.4, 0.5) is 26.3 Å². The fourth-order valence-electron chi connectivity index (χ4n) is 4.32. The van der Waals surface area contributed by atoms with E-state index in [-0.39, 0.29) is 44.8 Å². The predicted octanol–water partition coefficient (Wildman–Crippen LogP) is 10.4. The topological polar surface area (TPSA) is 89.9 Å². The SMILES string of the molecule is C#Cc1ccccc1F.COC(=O)c1ccc(Br)c(F)c1.COC(=O)c1ccc(C#Cc2ccccc2F)c(F)c1.O=C(O)c1ccc(C#Cc2ccccc2F)c(F)c1. The molecule has 0 amide bonds. The summed E-state index contributed by atoms with van der Waals surface area (Å²) in [7, 11) is 2.47. The molecule has 0 unspecified atom stereocenters. The van der Waals surface area contributed by atoms with Crippen molar-refractivity contribution in [3.8, 4) is 36.0 Å². The van der Waals surface area contributed by atoms with Gasteiger partial charge in [-0.3, -0.25) is 0 Å². The summed E-state index contributed by atoms with van der Waals surface area (Å²) in [6.45, 7) is 0. The molecule has 0 bridgehead atoms. The Morgan fingerprint density at radius 3 is 1.15 bits per heavy atom. The minimum atomic E-state index is -1.22. The monoisotopic (exact) mass is 882 g/mol. The molecule has 0 fully saturated rings. The number of carbonyl (C=O) groups excluding carboxylic acids is 2. The molecule has 302 valence electrons. The number of terminal acetylenes is 1. The van der Waals surface area contributed by atoms with Gasteiger partial charge in [0.15, 0.2) is 0 Å². The van der Waals surface area contributed by atoms with Crippen molar-refractivity contribution in [3.05, 3.63) is 211 Å². The van der Waals surface area contributed by atoms with E-state index in [0.717, 1.165) is 18.2 Å². The Morgan fingerprint density at radius 1 is 0.483 bits per heavy atom. The zero-order valence-corrected chi connectivity index (χ0v) is 32.9. The summed E-state index contributed by atoms with van der Waals surface area (Å²) in [6, 6.07) is 29.3. The normalized spacial score (nSPS) is 9.40. The minimum absolute atomic E-state index is 0.0215. The highest BCUT2D eigenvalue weighted by atomic mass is 79.9. The molecule has 6 aromatic rings. The average molecular weight is 884 g/mol. The third kappa shape index (κ3) is 14.4. The molecule has 6 nitrogen and oxygen atoms in total. The molecule has 0 radical (unpaired) electrons. The van der Waals surface area contributed by atoms with Crippen LogP contribution in [0.15, 0.2) is 132 Å². The molecule has 6 rings (SSSR count). The predicted molar refractivity (Wildman–Crippen MR) is 216 cm³/mol. The zero-order chi connectivity index (χ0) is 44.2. The highest BCUT2D eigenvalue weighted by Crippen LogP contribution is 2.17. The summed E-state index contributed by atoms with van der Waals surface area (Å²) in [6.07, 6.45) is 4.96. The largest absolute Gasteiger partial charge is 0.478 e. The molecule has 60 heavy (non-hydrogen) atoms. The second-order valence-corrected chi connectivity index (χ2v) is 12.2. The van der Waals surface area contributed by atoms with Gasteiger partial charge in [0.25, 0.3) is 0 Å². The molecule has 0 aliphatic heterocycles. The van der Waals surface area contributed by atoms with Gasteiger partial charge in [0.1, 0.15) is 34.9 Å². The number of rotatable bonds is 3. The molecular weight excluding hydrogens is 854 g/mol. The van der Waals surface area contributed by atoms with Gasteiger partial charge in [-0.1, -0.05) is 66.0 Å². The molecule has 0 aliphatic carbocycles. The second kappa shape index (κ2) is 23.6. The number of carboxylic acids is 1. The van der Waals surface area contributed by atoms with Crippen LogP contribution in [0.5, 0.6) is 0 Å². The van der Waals surface area contributed by atoms with E-state index in [9.17, 15) is 40.7 Å². The van der Waals surface area contributed by atoms with E-state index >= 15 is 0 Å². The zero-order valence-electron chi connectivity index (χ0n) is 31.3. The first-order valence-corrected chi connectivity index (χ1v) is 17.7. The van der Waals surface area contributed by atoms with Gasteiger partial charge in [0.2, 0.25) is 0 Å². The summed E-state index contributed by atoms with van der Waals surface area (Å²) in [5, 5.41) is 8.69. The van der Waals surface area contributed by atoms with Crippen LogP contribution in [0.2, 0.25) is 0 Å². The highest BCUT2D eigenvalue weighted by molar-refractivity contribution is 9.10. The van der Waals surface area contributed by atoms with Crippen LogP contribution >= 0.6 is 15.9 Å². The Balaban J connectivity index is 0.000000223. The van der Waals surface area contributed by atoms with Gasteiger partial charge in [-0.15, -0.1) is 6.42 Å². The van der Waals surface area contributed by atoms with Crippen LogP contribution in [-0.2, 0) is 9.47 Å². The standard InChI is InChI=1S/C16H10F2O2.C15H8F2O2.C8H6BrFO2.C8H5F/c1-20-16(19)13-9-8-12(15(18)10-13)7-6-11-4-2-3-5-14(11)17;16-13-4-2-1-3-10(13)5-6-11-7-8-12(15(18)19)9-14(11)17;1-12-8(11)5-2-3-6(9)7(10)4-5;1-2-7-5-3-4-6-8(7)9/h2-5,8-10H,1H3;1-4,7-9H,(H,18,19);2-4H,1H3;1,3-6H. The first-order valence-electron chi connectivity index (χ1n) is 16.9. The quantitative estimate of drug-likeness (QED) is 0.108. The van der Waals surface area contributed by atoms with Gasteiger partial charge in [0, 0.05) is 0 Å². The first kappa shape index (κ1) is 46.8. The van der Waals surface area contributed by atoms with Crippen molar-refractivity contribution in [1.29, 1.82) is 0 Å². The lowest BCUT2D eigenvalue weighted by Crippen LogP contribution is -2.02. The lowest BCUT2D eigenvalue weighted by Gasteiger charge is -2.00. The van der Waals surface area contributed by atoms with Crippen molar-refractivity contribution in [2.24, 2.45) is 0 Å². The van der Waals surface area contributed by atoms with Crippen LogP contribution in [0.1, 0.15) is 58.9 Å². The molecule has 1 N–H and O–H groups in total. The van der Waals surface area contributed by atoms with Crippen LogP contribution in [-0.4, -0.2) is 37.2 Å². The Kier molecular flexibility index (Phi) is 18.5. The molecule has 0 aliphatic rings. The van der Waals surface area contributed by atoms with Crippen molar-refractivity contribution >= 4 is 33.8 Å². The van der Waals surface area contributed by atoms with E-state index in [2.05, 4.69) is 55.0 Å². The number of hydrogen-bond acceptors (Lipinski definition) is 5. The average Bonchev–Trinajstić information content (AvgIpc) is 3.25. The molecule has 0 aromatic heterocycles. The fraction of sp³-hybridized carbons (Fsp3) is 0.0426. The third-order valence-corrected chi connectivity index (χ3v) is 8.03. The summed E-state index contributed by atoms with van der Waals surface area (Å²) >= 11 is 2.97. The maximum Gasteiger partial charge on any atom is 0.337 e. The molecule has 0 atom stereocenters. The van der Waals surface area contributed by atoms with E-state index < -0.39 is 47.0 Å². The van der Waals surface area contributed by atoms with E-state index in [1.54, 1.807) is 36.4 Å². The Labute approximate surface area is 349 Å². The number of halogens is 7. The van der Waals surface area contributed by atoms with Gasteiger partial charge < -0.3 is 14.6 Å². The molecule has 13 heteroatoms. The molecule has 0 saturated heterocycles. The van der Waals surface area contributed by atoms with Crippen LogP contribution < -0.4 is 0 Å². The van der Waals surface area contributed by atoms with E-state index in [1.165, 1.54) is 87.0 Å². The molecular formula is C47H29BrF6O6. The van der Waals surface area contributed by atoms with Crippen molar-refractivity contribution in [2.45, 2.75) is 0 Å². The maximum atomic E-state index is 13.7. The van der Waals surface area contributed by atoms with Crippen molar-refractivity contribution in [1.82, 2.24) is 0 Å². The Bertz CT molecular complexity index is 2670. The molecule has 0 spiro atoms. The number of carbonyl (C=O) groups is 3.